The number of carbonyl (C=O) groups excluding carboxylic acids is 2. The lowest BCUT2D eigenvalue weighted by molar-refractivity contribution is 0.0821. The van der Waals surface area contributed by atoms with E-state index in [0.717, 1.165) is 0 Å². The molecule has 78 valence electrons. The van der Waals surface area contributed by atoms with Gasteiger partial charge in [-0.1, -0.05) is 12.1 Å². The monoisotopic (exact) mass is 206 g/mol. The number of ketones is 1. The van der Waals surface area contributed by atoms with Crippen LogP contribution in [0, 0.1) is 0 Å². The van der Waals surface area contributed by atoms with Gasteiger partial charge in [-0.25, -0.2) is 4.79 Å². The van der Waals surface area contributed by atoms with E-state index in [-0.39, 0.29) is 5.78 Å². The van der Waals surface area contributed by atoms with E-state index in [9.17, 15) is 9.59 Å². The summed E-state index contributed by atoms with van der Waals surface area (Å²) in [5.41, 5.74) is 0.499. The summed E-state index contributed by atoms with van der Waals surface area (Å²) in [5.74, 6) is 0.276. The predicted octanol–water partition coefficient (Wildman–Crippen LogP) is 0.517. The van der Waals surface area contributed by atoms with E-state index >= 15 is 0 Å². The van der Waals surface area contributed by atoms with Crippen LogP contribution >= 0.6 is 0 Å². The minimum atomic E-state index is -0.914. The van der Waals surface area contributed by atoms with Gasteiger partial charge in [0.1, 0.15) is 5.75 Å². The van der Waals surface area contributed by atoms with Crippen molar-refractivity contribution < 1.29 is 14.3 Å². The predicted molar refractivity (Wildman–Crippen MR) is 52.8 cm³/mol. The minimum Gasteiger partial charge on any atom is -0.462 e. The molecule has 1 atom stereocenters. The summed E-state index contributed by atoms with van der Waals surface area (Å²) < 4.78 is 5.27. The summed E-state index contributed by atoms with van der Waals surface area (Å²) >= 11 is 0. The van der Waals surface area contributed by atoms with Crippen LogP contribution in [0.1, 0.15) is 10.4 Å². The van der Waals surface area contributed by atoms with Crippen molar-refractivity contribution in [1.29, 1.82) is 0 Å². The molecule has 0 aromatic heterocycles. The Morgan fingerprint density at radius 3 is 2.80 bits per heavy atom. The first kappa shape index (κ1) is 9.51. The van der Waals surface area contributed by atoms with Crippen LogP contribution in [0.15, 0.2) is 24.3 Å². The molecular formula is C10H10N2O3. The number of hydrogen-bond acceptors (Lipinski definition) is 3. The zero-order valence-corrected chi connectivity index (χ0v) is 8.11. The molecule has 0 spiro atoms. The molecule has 0 bridgehead atoms. The second kappa shape index (κ2) is 3.61. The number of amides is 2. The highest BCUT2D eigenvalue weighted by atomic mass is 16.5. The average molecular weight is 206 g/mol. The summed E-state index contributed by atoms with van der Waals surface area (Å²) in [4.78, 5) is 22.7. The number of hydrogen-bond donors (Lipinski definition) is 2. The Morgan fingerprint density at radius 2 is 2.13 bits per heavy atom. The largest absolute Gasteiger partial charge is 0.462 e. The van der Waals surface area contributed by atoms with Crippen molar-refractivity contribution in [3.63, 3.8) is 0 Å². The van der Waals surface area contributed by atoms with Crippen LogP contribution in [-0.2, 0) is 0 Å². The van der Waals surface area contributed by atoms with E-state index < -0.39 is 12.3 Å². The molecule has 1 aromatic rings. The van der Waals surface area contributed by atoms with E-state index in [0.29, 0.717) is 11.3 Å². The van der Waals surface area contributed by atoms with Crippen molar-refractivity contribution in [3.05, 3.63) is 29.8 Å². The molecule has 0 radical (unpaired) electrons. The maximum absolute atomic E-state index is 11.7. The van der Waals surface area contributed by atoms with Crippen molar-refractivity contribution >= 4 is 11.8 Å². The highest BCUT2D eigenvalue weighted by Gasteiger charge is 2.32. The first-order valence-corrected chi connectivity index (χ1v) is 4.50. The minimum absolute atomic E-state index is 0.228. The van der Waals surface area contributed by atoms with Crippen LogP contribution in [0.3, 0.4) is 0 Å². The van der Waals surface area contributed by atoms with E-state index in [4.69, 9.17) is 4.74 Å². The molecule has 2 N–H and O–H groups in total. The summed E-state index contributed by atoms with van der Waals surface area (Å²) in [6.45, 7) is 0. The van der Waals surface area contributed by atoms with E-state index in [1.807, 2.05) is 0 Å². The van der Waals surface area contributed by atoms with Gasteiger partial charge in [0.15, 0.2) is 0 Å². The Morgan fingerprint density at radius 1 is 1.40 bits per heavy atom. The van der Waals surface area contributed by atoms with Crippen LogP contribution in [0.2, 0.25) is 0 Å². The lowest BCUT2D eigenvalue weighted by Gasteiger charge is -2.10. The fraction of sp³-hybridized carbons (Fsp3) is 0.200. The maximum atomic E-state index is 11.7. The van der Waals surface area contributed by atoms with Crippen LogP contribution in [0.5, 0.6) is 5.75 Å². The normalized spacial score (nSPS) is 17.9. The van der Waals surface area contributed by atoms with Crippen molar-refractivity contribution in [2.75, 3.05) is 7.05 Å². The molecule has 1 unspecified atom stereocenters. The zero-order valence-electron chi connectivity index (χ0n) is 8.11. The van der Waals surface area contributed by atoms with Crippen LogP contribution in [-0.4, -0.2) is 25.1 Å². The number of para-hydroxylation sites is 1. The van der Waals surface area contributed by atoms with Gasteiger partial charge >= 0.3 is 6.03 Å². The molecule has 0 fully saturated rings. The molecule has 1 heterocycles. The van der Waals surface area contributed by atoms with Crippen molar-refractivity contribution in [3.8, 4) is 5.75 Å². The van der Waals surface area contributed by atoms with E-state index in [1.54, 1.807) is 24.3 Å². The number of carbonyl (C=O) groups is 2. The van der Waals surface area contributed by atoms with Crippen molar-refractivity contribution in [2.45, 2.75) is 6.23 Å². The van der Waals surface area contributed by atoms with Crippen LogP contribution < -0.4 is 15.4 Å². The summed E-state index contributed by atoms with van der Waals surface area (Å²) in [6.07, 6.45) is -0.914. The maximum Gasteiger partial charge on any atom is 0.317 e. The van der Waals surface area contributed by atoms with Crippen molar-refractivity contribution in [2.24, 2.45) is 0 Å². The Labute approximate surface area is 86.4 Å². The second-order valence-electron chi connectivity index (χ2n) is 3.08. The fourth-order valence-corrected chi connectivity index (χ4v) is 1.38. The number of Topliss-reactive ketones (excluding diaryl/α,β-unsaturated/α-hetero) is 1. The van der Waals surface area contributed by atoms with E-state index in [1.165, 1.54) is 7.05 Å². The third-order valence-electron chi connectivity index (χ3n) is 2.12. The Bertz CT molecular complexity index is 417. The van der Waals surface area contributed by atoms with Gasteiger partial charge in [-0.15, -0.1) is 0 Å². The highest BCUT2D eigenvalue weighted by molar-refractivity contribution is 6.05. The lowest BCUT2D eigenvalue weighted by atomic mass is 10.1. The van der Waals surface area contributed by atoms with Gasteiger partial charge in [-0.05, 0) is 12.1 Å². The molecular weight excluding hydrogens is 196 g/mol. The van der Waals surface area contributed by atoms with Gasteiger partial charge < -0.3 is 10.1 Å². The number of benzene rings is 1. The molecule has 2 rings (SSSR count). The molecule has 0 aliphatic carbocycles. The quantitative estimate of drug-likeness (QED) is 0.703. The Kier molecular flexibility index (Phi) is 2.29. The van der Waals surface area contributed by atoms with Gasteiger partial charge in [0, 0.05) is 7.05 Å². The number of fused-ring (bicyclic) bond motifs is 1. The van der Waals surface area contributed by atoms with Crippen LogP contribution in [0.25, 0.3) is 0 Å². The van der Waals surface area contributed by atoms with Gasteiger partial charge in [0.05, 0.1) is 5.56 Å². The molecule has 1 aromatic carbocycles. The zero-order chi connectivity index (χ0) is 10.8. The first-order valence-electron chi connectivity index (χ1n) is 4.50. The Balaban J connectivity index is 2.17. The van der Waals surface area contributed by atoms with Gasteiger partial charge in [-0.3, -0.25) is 10.1 Å². The molecule has 1 aliphatic heterocycles. The molecule has 0 saturated carbocycles. The lowest BCUT2D eigenvalue weighted by Crippen LogP contribution is -2.45. The van der Waals surface area contributed by atoms with Gasteiger partial charge in [0.2, 0.25) is 12.0 Å². The number of ether oxygens (including phenoxy) is 1. The first-order chi connectivity index (χ1) is 7.22. The molecule has 2 amide bonds. The summed E-state index contributed by atoms with van der Waals surface area (Å²) in [7, 11) is 1.47. The topological polar surface area (TPSA) is 67.4 Å². The third kappa shape index (κ3) is 1.63. The molecule has 15 heavy (non-hydrogen) atoms. The molecule has 5 heteroatoms. The van der Waals surface area contributed by atoms with Gasteiger partial charge in [0.25, 0.3) is 0 Å². The SMILES string of the molecule is CNC(=O)NC1Oc2ccccc2C1=O. The number of urea groups is 1. The molecule has 0 saturated heterocycles. The smallest absolute Gasteiger partial charge is 0.317 e. The summed E-state index contributed by atoms with van der Waals surface area (Å²) in [6, 6.07) is 6.44. The number of nitrogens with one attached hydrogen (secondary N) is 2. The summed E-state index contributed by atoms with van der Waals surface area (Å²) in [5, 5.41) is 4.76. The van der Waals surface area contributed by atoms with Gasteiger partial charge in [-0.2, -0.15) is 0 Å². The molecule has 1 aliphatic rings. The number of rotatable bonds is 1. The standard InChI is InChI=1S/C10H10N2O3/c1-11-10(14)12-9-8(13)6-4-2-3-5-7(6)15-9/h2-5,9H,1H3,(H2,11,12,14). The average Bonchev–Trinajstić information content (AvgIpc) is 2.57. The van der Waals surface area contributed by atoms with Crippen molar-refractivity contribution in [1.82, 2.24) is 10.6 Å². The molecule has 5 nitrogen and oxygen atoms in total. The fourth-order valence-electron chi connectivity index (χ4n) is 1.38. The highest BCUT2D eigenvalue weighted by Crippen LogP contribution is 2.26. The third-order valence-corrected chi connectivity index (χ3v) is 2.12. The Hall–Kier alpha value is -2.04. The van der Waals surface area contributed by atoms with E-state index in [2.05, 4.69) is 10.6 Å². The second-order valence-corrected chi connectivity index (χ2v) is 3.08. The van der Waals surface area contributed by atoms with Crippen LogP contribution in [0.4, 0.5) is 4.79 Å².